The van der Waals surface area contributed by atoms with Crippen molar-refractivity contribution in [1.82, 2.24) is 0 Å². The van der Waals surface area contributed by atoms with Crippen molar-refractivity contribution in [3.8, 4) is 11.5 Å². The van der Waals surface area contributed by atoms with E-state index < -0.39 is 10.4 Å². The van der Waals surface area contributed by atoms with Crippen LogP contribution in [0.5, 0.6) is 11.5 Å². The summed E-state index contributed by atoms with van der Waals surface area (Å²) in [6, 6.07) is 27.1. The molecule has 0 aliphatic heterocycles. The van der Waals surface area contributed by atoms with E-state index in [4.69, 9.17) is 10.1 Å². The number of rotatable bonds is 5. The number of ether oxygens (including phenoxy) is 1. The Morgan fingerprint density at radius 3 is 2.19 bits per heavy atom. The number of methoxy groups -OCH3 is 1. The molecule has 1 N–H and O–H groups in total. The Morgan fingerprint density at radius 1 is 0.844 bits per heavy atom. The normalized spacial score (nSPS) is 10.4. The Bertz CT molecular complexity index is 1350. The summed E-state index contributed by atoms with van der Waals surface area (Å²) in [4.78, 5) is 3.14. The van der Waals surface area contributed by atoms with E-state index in [9.17, 15) is 13.0 Å². The van der Waals surface area contributed by atoms with Gasteiger partial charge in [0.2, 0.25) is 11.1 Å². The van der Waals surface area contributed by atoms with Crippen molar-refractivity contribution in [1.29, 1.82) is 5.39 Å². The molecule has 4 aromatic carbocycles. The van der Waals surface area contributed by atoms with E-state index >= 15 is 0 Å². The van der Waals surface area contributed by atoms with Gasteiger partial charge < -0.3 is 18.8 Å². The lowest BCUT2D eigenvalue weighted by Gasteiger charge is -2.09. The zero-order valence-electron chi connectivity index (χ0n) is 17.0. The Hall–Kier alpha value is -4.13. The Labute approximate surface area is 185 Å². The monoisotopic (exact) mass is 449 g/mol. The molecule has 0 atom stereocenters. The summed E-state index contributed by atoms with van der Waals surface area (Å²) in [6.45, 7) is 0. The van der Waals surface area contributed by atoms with Gasteiger partial charge in [0.05, 0.1) is 7.11 Å². The first kappa shape index (κ1) is 22.6. The first-order chi connectivity index (χ1) is 15.4. The van der Waals surface area contributed by atoms with Crippen LogP contribution >= 0.6 is 0 Å². The van der Waals surface area contributed by atoms with E-state index in [0.717, 1.165) is 22.1 Å². The van der Waals surface area contributed by atoms with Gasteiger partial charge in [-0.25, -0.2) is 8.42 Å². The molecule has 0 saturated heterocycles. The van der Waals surface area contributed by atoms with Crippen LogP contribution in [0.2, 0.25) is 0 Å². The first-order valence-corrected chi connectivity index (χ1v) is 10.7. The summed E-state index contributed by atoms with van der Waals surface area (Å²) >= 11 is 0. The molecule has 0 aliphatic carbocycles. The molecule has 9 heteroatoms. The molecule has 32 heavy (non-hydrogen) atoms. The number of fused-ring (bicyclic) bond motifs is 1. The second kappa shape index (κ2) is 10.3. The summed E-state index contributed by atoms with van der Waals surface area (Å²) in [5, 5.41) is 13.8. The zero-order chi connectivity index (χ0) is 23.0. The molecule has 0 spiro atoms. The fourth-order valence-electron chi connectivity index (χ4n) is 2.86. The molecule has 162 valence electrons. The minimum atomic E-state index is -4.70. The quantitative estimate of drug-likeness (QED) is 0.239. The molecule has 0 heterocycles. The molecule has 0 bridgehead atoms. The molecule has 8 nitrogen and oxygen atoms in total. The van der Waals surface area contributed by atoms with Crippen molar-refractivity contribution in [2.45, 2.75) is 0 Å². The Kier molecular flexibility index (Phi) is 7.23. The van der Waals surface area contributed by atoms with E-state index in [1.807, 2.05) is 54.6 Å². The van der Waals surface area contributed by atoms with E-state index in [0.29, 0.717) is 11.4 Å². The second-order valence-corrected chi connectivity index (χ2v) is 7.46. The largest absolute Gasteiger partial charge is 0.716 e. The highest BCUT2D eigenvalue weighted by Gasteiger charge is 2.14. The van der Waals surface area contributed by atoms with Gasteiger partial charge in [-0.15, -0.1) is 0 Å². The molecule has 4 rings (SSSR count). The maximum atomic E-state index is 10.4. The highest BCUT2D eigenvalue weighted by molar-refractivity contribution is 7.81. The maximum absolute atomic E-state index is 10.4. The number of para-hydroxylation sites is 1. The molecule has 0 aliphatic rings. The fraction of sp³-hybridized carbons (Fsp3) is 0.0435. The standard InChI is InChI=1S/C13H12N3O.C10H8O4S/c1-17-13-9-11(7-8-12(13)16-14)15-10-5-3-2-4-6-10;11-15(12,13)14-10-6-5-8-3-1-2-4-9(8)7-10/h2-9,15H,1H3;1-7H,(H,11,12,13)/q+1;/p-1. The lowest BCUT2D eigenvalue weighted by molar-refractivity contribution is 0.372. The van der Waals surface area contributed by atoms with Crippen LogP contribution in [0.3, 0.4) is 0 Å². The molecule has 0 saturated carbocycles. The molecule has 0 aromatic heterocycles. The lowest BCUT2D eigenvalue weighted by atomic mass is 10.1. The molecular formula is C23H19N3O5S. The van der Waals surface area contributed by atoms with Gasteiger partial charge in [-0.1, -0.05) is 48.5 Å². The predicted octanol–water partition coefficient (Wildman–Crippen LogP) is 5.60. The summed E-state index contributed by atoms with van der Waals surface area (Å²) in [5.74, 6) is 0.553. The number of benzene rings is 4. The highest BCUT2D eigenvalue weighted by atomic mass is 32.3. The summed E-state index contributed by atoms with van der Waals surface area (Å²) in [5.41, 5.74) is 2.27. The molecule has 0 amide bonds. The van der Waals surface area contributed by atoms with Crippen LogP contribution in [0.25, 0.3) is 15.7 Å². The summed E-state index contributed by atoms with van der Waals surface area (Å²) in [7, 11) is -3.16. The molecule has 0 fully saturated rings. The van der Waals surface area contributed by atoms with Gasteiger partial charge in [-0.3, -0.25) is 0 Å². The average Bonchev–Trinajstić information content (AvgIpc) is 2.79. The SMILES string of the molecule is COc1cc(Nc2ccccc2)ccc1[N+]#N.O=S(=O)([O-])Oc1ccc2ccccc2c1. The Morgan fingerprint density at radius 2 is 1.53 bits per heavy atom. The van der Waals surface area contributed by atoms with Gasteiger partial charge in [0.1, 0.15) is 5.75 Å². The van der Waals surface area contributed by atoms with Gasteiger partial charge in [0, 0.05) is 23.5 Å². The third-order valence-electron chi connectivity index (χ3n) is 4.27. The van der Waals surface area contributed by atoms with E-state index in [1.165, 1.54) is 19.2 Å². The molecule has 0 radical (unpaired) electrons. The fourth-order valence-corrected chi connectivity index (χ4v) is 3.20. The van der Waals surface area contributed by atoms with Gasteiger partial charge in [0.25, 0.3) is 10.4 Å². The van der Waals surface area contributed by atoms with Crippen LogP contribution in [0.15, 0.2) is 91.0 Å². The van der Waals surface area contributed by atoms with Gasteiger partial charge in [-0.2, -0.15) is 0 Å². The number of hydrogen-bond donors (Lipinski definition) is 1. The summed E-state index contributed by atoms with van der Waals surface area (Å²) < 4.78 is 40.4. The maximum Gasteiger partial charge on any atom is 0.426 e. The van der Waals surface area contributed by atoms with Crippen molar-refractivity contribution in [3.63, 3.8) is 0 Å². The van der Waals surface area contributed by atoms with Gasteiger partial charge in [-0.05, 0) is 41.1 Å². The van der Waals surface area contributed by atoms with Crippen LogP contribution in [-0.2, 0) is 10.4 Å². The Balaban J connectivity index is 0.000000182. The smallest absolute Gasteiger partial charge is 0.426 e. The predicted molar refractivity (Wildman–Crippen MR) is 122 cm³/mol. The van der Waals surface area contributed by atoms with Gasteiger partial charge in [0.15, 0.2) is 4.98 Å². The number of nitrogens with zero attached hydrogens (tertiary/aromatic N) is 2. The topological polar surface area (TPSA) is 116 Å². The minimum absolute atomic E-state index is 0.0312. The summed E-state index contributed by atoms with van der Waals surface area (Å²) in [6.07, 6.45) is 0. The number of anilines is 2. The van der Waals surface area contributed by atoms with E-state index in [-0.39, 0.29) is 5.75 Å². The minimum Gasteiger partial charge on any atom is -0.716 e. The lowest BCUT2D eigenvalue weighted by Crippen LogP contribution is -2.06. The molecule has 0 unspecified atom stereocenters. The van der Waals surface area contributed by atoms with Crippen LogP contribution in [-0.4, -0.2) is 20.1 Å². The second-order valence-electron chi connectivity index (χ2n) is 6.48. The van der Waals surface area contributed by atoms with Crippen LogP contribution in [0.4, 0.5) is 17.1 Å². The van der Waals surface area contributed by atoms with Crippen molar-refractivity contribution in [3.05, 3.63) is 96.0 Å². The number of hydrogen-bond acceptors (Lipinski definition) is 7. The van der Waals surface area contributed by atoms with E-state index in [1.54, 1.807) is 24.3 Å². The number of diazo groups is 1. The molecular weight excluding hydrogens is 430 g/mol. The van der Waals surface area contributed by atoms with Crippen molar-refractivity contribution < 1.29 is 21.9 Å². The average molecular weight is 449 g/mol. The number of nitrogens with one attached hydrogen (secondary N) is 1. The highest BCUT2D eigenvalue weighted by Crippen LogP contribution is 2.31. The third kappa shape index (κ3) is 6.43. The van der Waals surface area contributed by atoms with Crippen molar-refractivity contribution in [2.24, 2.45) is 0 Å². The third-order valence-corrected chi connectivity index (χ3v) is 4.67. The first-order valence-electron chi connectivity index (χ1n) is 9.37. The van der Waals surface area contributed by atoms with Crippen LogP contribution in [0, 0.1) is 5.39 Å². The zero-order valence-corrected chi connectivity index (χ0v) is 17.8. The molecule has 4 aromatic rings. The van der Waals surface area contributed by atoms with Crippen LogP contribution < -0.4 is 14.2 Å². The van der Waals surface area contributed by atoms with Gasteiger partial charge >= 0.3 is 5.69 Å². The van der Waals surface area contributed by atoms with Crippen molar-refractivity contribution >= 4 is 38.2 Å². The van der Waals surface area contributed by atoms with Crippen molar-refractivity contribution in [2.75, 3.05) is 12.4 Å². The van der Waals surface area contributed by atoms with Crippen LogP contribution in [0.1, 0.15) is 0 Å². The van der Waals surface area contributed by atoms with E-state index in [2.05, 4.69) is 14.5 Å².